The molecule has 2 aromatic carbocycles. The molecule has 0 saturated heterocycles. The van der Waals surface area contributed by atoms with Gasteiger partial charge >= 0.3 is 0 Å². The molecule has 27 heavy (non-hydrogen) atoms. The van der Waals surface area contributed by atoms with Crippen LogP contribution in [0.15, 0.2) is 36.4 Å². The van der Waals surface area contributed by atoms with Crippen molar-refractivity contribution >= 4 is 40.5 Å². The predicted molar refractivity (Wildman–Crippen MR) is 107 cm³/mol. The van der Waals surface area contributed by atoms with Crippen LogP contribution in [0.1, 0.15) is 13.8 Å². The third-order valence-electron chi connectivity index (χ3n) is 3.49. The zero-order valence-corrected chi connectivity index (χ0v) is 16.1. The van der Waals surface area contributed by atoms with E-state index in [4.69, 9.17) is 21.1 Å². The van der Waals surface area contributed by atoms with Crippen LogP contribution in [0.2, 0.25) is 5.02 Å². The minimum Gasteiger partial charge on any atom is -0.495 e. The maximum absolute atomic E-state index is 12.4. The summed E-state index contributed by atoms with van der Waals surface area (Å²) in [5, 5.41) is 8.90. The Bertz CT molecular complexity index is 827. The first-order valence-electron chi connectivity index (χ1n) is 8.35. The van der Waals surface area contributed by atoms with Crippen molar-refractivity contribution in [2.45, 2.75) is 13.8 Å². The van der Waals surface area contributed by atoms with Gasteiger partial charge in [0.05, 0.1) is 36.7 Å². The van der Waals surface area contributed by atoms with E-state index in [9.17, 15) is 9.59 Å². The summed E-state index contributed by atoms with van der Waals surface area (Å²) in [6.07, 6.45) is 0. The van der Waals surface area contributed by atoms with E-state index < -0.39 is 0 Å². The molecule has 0 bridgehead atoms. The quantitative estimate of drug-likeness (QED) is 0.637. The molecule has 0 saturated carbocycles. The molecule has 2 amide bonds. The van der Waals surface area contributed by atoms with E-state index in [1.807, 2.05) is 6.92 Å². The van der Waals surface area contributed by atoms with Crippen LogP contribution >= 0.6 is 11.6 Å². The molecular weight excluding hydrogens is 370 g/mol. The number of carbonyl (C=O) groups excluding carboxylic acids is 2. The van der Waals surface area contributed by atoms with Gasteiger partial charge in [-0.15, -0.1) is 0 Å². The highest BCUT2D eigenvalue weighted by Gasteiger charge is 2.12. The van der Waals surface area contributed by atoms with Crippen LogP contribution in [0, 0.1) is 0 Å². The number of carbonyl (C=O) groups is 2. The number of anilines is 3. The lowest BCUT2D eigenvalue weighted by molar-refractivity contribution is -0.115. The molecule has 0 aliphatic heterocycles. The maximum Gasteiger partial charge on any atom is 0.243 e. The van der Waals surface area contributed by atoms with E-state index in [-0.39, 0.29) is 18.4 Å². The van der Waals surface area contributed by atoms with Crippen LogP contribution in [0.4, 0.5) is 17.1 Å². The summed E-state index contributed by atoms with van der Waals surface area (Å²) in [6, 6.07) is 10.2. The highest BCUT2D eigenvalue weighted by atomic mass is 35.5. The van der Waals surface area contributed by atoms with Gasteiger partial charge in [-0.2, -0.15) is 0 Å². The molecule has 0 aromatic heterocycles. The Labute approximate surface area is 163 Å². The van der Waals surface area contributed by atoms with E-state index in [1.165, 1.54) is 14.0 Å². The summed E-state index contributed by atoms with van der Waals surface area (Å²) in [5.41, 5.74) is 1.63. The number of hydrogen-bond acceptors (Lipinski definition) is 5. The van der Waals surface area contributed by atoms with Gasteiger partial charge in [0.2, 0.25) is 11.8 Å². The standard InChI is InChI=1S/C19H22ClN3O4/c1-4-27-19-14(20)6-5-7-15(19)21-11-18(25)23-16-10-13(22-12(2)24)8-9-17(16)26-3/h5-10,21H,4,11H2,1-3H3,(H,22,24)(H,23,25). The number of benzene rings is 2. The van der Waals surface area contributed by atoms with Gasteiger partial charge in [0.1, 0.15) is 5.75 Å². The van der Waals surface area contributed by atoms with Crippen molar-refractivity contribution in [1.29, 1.82) is 0 Å². The number of hydrogen-bond donors (Lipinski definition) is 3. The second kappa shape index (κ2) is 9.68. The van der Waals surface area contributed by atoms with Gasteiger partial charge in [-0.25, -0.2) is 0 Å². The summed E-state index contributed by atoms with van der Waals surface area (Å²) >= 11 is 6.14. The van der Waals surface area contributed by atoms with E-state index >= 15 is 0 Å². The molecule has 7 nitrogen and oxygen atoms in total. The summed E-state index contributed by atoms with van der Waals surface area (Å²) in [6.45, 7) is 3.72. The van der Waals surface area contributed by atoms with Crippen LogP contribution in [0.5, 0.6) is 11.5 Å². The molecule has 0 atom stereocenters. The Morgan fingerprint density at radius 2 is 1.89 bits per heavy atom. The van der Waals surface area contributed by atoms with Crippen molar-refractivity contribution in [2.75, 3.05) is 36.2 Å². The molecule has 144 valence electrons. The molecule has 0 heterocycles. The van der Waals surface area contributed by atoms with Crippen molar-refractivity contribution in [2.24, 2.45) is 0 Å². The first kappa shape index (κ1) is 20.4. The van der Waals surface area contributed by atoms with Gasteiger partial charge in [-0.05, 0) is 37.3 Å². The normalized spacial score (nSPS) is 10.1. The number of rotatable bonds is 8. The Morgan fingerprint density at radius 1 is 1.11 bits per heavy atom. The van der Waals surface area contributed by atoms with E-state index in [1.54, 1.807) is 36.4 Å². The van der Waals surface area contributed by atoms with Gasteiger partial charge < -0.3 is 25.4 Å². The molecule has 0 aliphatic rings. The summed E-state index contributed by atoms with van der Waals surface area (Å²) in [7, 11) is 1.50. The van der Waals surface area contributed by atoms with E-state index in [0.717, 1.165) is 0 Å². The second-order valence-corrected chi connectivity index (χ2v) is 5.95. The van der Waals surface area contributed by atoms with Gasteiger partial charge in [-0.3, -0.25) is 9.59 Å². The Kier molecular flexibility index (Phi) is 7.31. The molecule has 2 aromatic rings. The van der Waals surface area contributed by atoms with Crippen molar-refractivity contribution in [1.82, 2.24) is 0 Å². The molecule has 8 heteroatoms. The average molecular weight is 392 g/mol. The summed E-state index contributed by atoms with van der Waals surface area (Å²) in [5.74, 6) is 0.481. The molecule has 0 aliphatic carbocycles. The van der Waals surface area contributed by atoms with E-state index in [2.05, 4.69) is 16.0 Å². The zero-order chi connectivity index (χ0) is 19.8. The number of para-hydroxylation sites is 1. The van der Waals surface area contributed by atoms with Gasteiger partial charge in [0.25, 0.3) is 0 Å². The topological polar surface area (TPSA) is 88.7 Å². The monoisotopic (exact) mass is 391 g/mol. The number of ether oxygens (including phenoxy) is 2. The lowest BCUT2D eigenvalue weighted by atomic mass is 10.2. The number of halogens is 1. The molecule has 0 unspecified atom stereocenters. The fourth-order valence-electron chi connectivity index (χ4n) is 2.40. The van der Waals surface area contributed by atoms with Crippen molar-refractivity contribution < 1.29 is 19.1 Å². The molecule has 2 rings (SSSR count). The zero-order valence-electron chi connectivity index (χ0n) is 15.4. The third-order valence-corrected chi connectivity index (χ3v) is 3.79. The van der Waals surface area contributed by atoms with Crippen LogP contribution in [0.25, 0.3) is 0 Å². The van der Waals surface area contributed by atoms with Crippen LogP contribution in [-0.4, -0.2) is 32.1 Å². The first-order chi connectivity index (χ1) is 12.9. The fourth-order valence-corrected chi connectivity index (χ4v) is 2.62. The highest BCUT2D eigenvalue weighted by Crippen LogP contribution is 2.33. The SMILES string of the molecule is CCOc1c(Cl)cccc1NCC(=O)Nc1cc(NC(C)=O)ccc1OC. The van der Waals surface area contributed by atoms with Gasteiger partial charge in [0.15, 0.2) is 5.75 Å². The van der Waals surface area contributed by atoms with Crippen LogP contribution in [0.3, 0.4) is 0 Å². The summed E-state index contributed by atoms with van der Waals surface area (Å²) < 4.78 is 10.8. The van der Waals surface area contributed by atoms with Crippen LogP contribution in [-0.2, 0) is 9.59 Å². The van der Waals surface area contributed by atoms with Crippen LogP contribution < -0.4 is 25.4 Å². The largest absolute Gasteiger partial charge is 0.495 e. The lowest BCUT2D eigenvalue weighted by Gasteiger charge is -2.15. The Morgan fingerprint density at radius 3 is 2.56 bits per heavy atom. The summed E-state index contributed by atoms with van der Waals surface area (Å²) in [4.78, 5) is 23.6. The molecule has 0 radical (unpaired) electrons. The number of nitrogens with one attached hydrogen (secondary N) is 3. The number of amides is 2. The Hall–Kier alpha value is -2.93. The molecule has 0 fully saturated rings. The van der Waals surface area contributed by atoms with Gasteiger partial charge in [0, 0.05) is 12.6 Å². The molecule has 0 spiro atoms. The lowest BCUT2D eigenvalue weighted by Crippen LogP contribution is -2.22. The predicted octanol–water partition coefficient (Wildman–Crippen LogP) is 3.76. The van der Waals surface area contributed by atoms with Crippen molar-refractivity contribution in [3.63, 3.8) is 0 Å². The fraction of sp³-hybridized carbons (Fsp3) is 0.263. The molecular formula is C19H22ClN3O4. The van der Waals surface area contributed by atoms with Gasteiger partial charge in [-0.1, -0.05) is 17.7 Å². The third kappa shape index (κ3) is 5.79. The number of methoxy groups -OCH3 is 1. The molecule has 3 N–H and O–H groups in total. The average Bonchev–Trinajstić information content (AvgIpc) is 2.62. The highest BCUT2D eigenvalue weighted by molar-refractivity contribution is 6.32. The van der Waals surface area contributed by atoms with E-state index in [0.29, 0.717) is 40.2 Å². The minimum atomic E-state index is -0.296. The van der Waals surface area contributed by atoms with Crippen molar-refractivity contribution in [3.05, 3.63) is 41.4 Å². The second-order valence-electron chi connectivity index (χ2n) is 5.55. The minimum absolute atomic E-state index is 0.00602. The first-order valence-corrected chi connectivity index (χ1v) is 8.73. The maximum atomic E-state index is 12.4. The Balaban J connectivity index is 2.08. The van der Waals surface area contributed by atoms with Crippen molar-refractivity contribution in [3.8, 4) is 11.5 Å². The smallest absolute Gasteiger partial charge is 0.243 e.